The van der Waals surface area contributed by atoms with Crippen molar-refractivity contribution in [1.29, 1.82) is 0 Å². The summed E-state index contributed by atoms with van der Waals surface area (Å²) in [6.07, 6.45) is 8.26. The van der Waals surface area contributed by atoms with Gasteiger partial charge in [0.25, 0.3) is 5.91 Å². The van der Waals surface area contributed by atoms with E-state index in [1.807, 2.05) is 18.3 Å². The van der Waals surface area contributed by atoms with E-state index in [4.69, 9.17) is 0 Å². The van der Waals surface area contributed by atoms with E-state index in [-0.39, 0.29) is 5.91 Å². The fourth-order valence-electron chi connectivity index (χ4n) is 1.79. The Kier molecular flexibility index (Phi) is 5.05. The Balaban J connectivity index is 1.63. The average molecular weight is 255 g/mol. The van der Waals surface area contributed by atoms with Gasteiger partial charge in [0, 0.05) is 25.1 Å². The van der Waals surface area contributed by atoms with Crippen molar-refractivity contribution in [2.75, 3.05) is 6.54 Å². The Bertz CT molecular complexity index is 499. The van der Waals surface area contributed by atoms with Gasteiger partial charge in [-0.1, -0.05) is 12.1 Å². The van der Waals surface area contributed by atoms with Crippen LogP contribution in [-0.4, -0.2) is 22.4 Å². The molecule has 0 atom stereocenters. The lowest BCUT2D eigenvalue weighted by Crippen LogP contribution is -2.25. The molecule has 0 aromatic carbocycles. The third kappa shape index (κ3) is 4.50. The molecule has 1 amide bonds. The molecule has 0 saturated carbocycles. The molecular weight excluding hydrogens is 238 g/mol. The Morgan fingerprint density at radius 1 is 1.11 bits per heavy atom. The molecule has 2 heterocycles. The van der Waals surface area contributed by atoms with Crippen LogP contribution in [0.4, 0.5) is 0 Å². The van der Waals surface area contributed by atoms with Gasteiger partial charge in [0.2, 0.25) is 0 Å². The van der Waals surface area contributed by atoms with E-state index in [0.29, 0.717) is 12.2 Å². The molecule has 2 aromatic heterocycles. The fourth-order valence-corrected chi connectivity index (χ4v) is 1.79. The van der Waals surface area contributed by atoms with Crippen LogP contribution < -0.4 is 5.32 Å². The molecule has 2 rings (SSSR count). The summed E-state index contributed by atoms with van der Waals surface area (Å²) >= 11 is 0. The largest absolute Gasteiger partial charge is 0.351 e. The van der Waals surface area contributed by atoms with Crippen molar-refractivity contribution in [2.45, 2.75) is 19.3 Å². The first-order valence-electron chi connectivity index (χ1n) is 6.44. The second kappa shape index (κ2) is 7.26. The predicted molar refractivity (Wildman–Crippen MR) is 73.7 cm³/mol. The van der Waals surface area contributed by atoms with Gasteiger partial charge in [-0.25, -0.2) is 0 Å². The van der Waals surface area contributed by atoms with Crippen LogP contribution in [0.3, 0.4) is 0 Å². The molecule has 1 N–H and O–H groups in total. The molecule has 0 aliphatic heterocycles. The van der Waals surface area contributed by atoms with Crippen LogP contribution in [0.15, 0.2) is 48.9 Å². The van der Waals surface area contributed by atoms with Crippen molar-refractivity contribution >= 4 is 5.91 Å². The molecule has 0 saturated heterocycles. The standard InChI is InChI=1S/C15H17N3O/c19-15(14-8-2-4-10-17-14)18-11-3-1-6-13-7-5-9-16-12-13/h2,4-5,7-10,12H,1,3,6,11H2,(H,18,19). The van der Waals surface area contributed by atoms with Gasteiger partial charge in [-0.3, -0.25) is 14.8 Å². The van der Waals surface area contributed by atoms with E-state index >= 15 is 0 Å². The average Bonchev–Trinajstić information content (AvgIpc) is 2.49. The second-order valence-corrected chi connectivity index (χ2v) is 4.29. The van der Waals surface area contributed by atoms with E-state index in [9.17, 15) is 4.79 Å². The molecule has 0 aliphatic rings. The zero-order valence-electron chi connectivity index (χ0n) is 10.7. The zero-order valence-corrected chi connectivity index (χ0v) is 10.7. The Hall–Kier alpha value is -2.23. The predicted octanol–water partition coefficient (Wildman–Crippen LogP) is 2.23. The summed E-state index contributed by atoms with van der Waals surface area (Å²) in [5.41, 5.74) is 1.70. The molecule has 0 spiro atoms. The van der Waals surface area contributed by atoms with Crippen molar-refractivity contribution in [3.05, 3.63) is 60.2 Å². The van der Waals surface area contributed by atoms with Crippen LogP contribution >= 0.6 is 0 Å². The van der Waals surface area contributed by atoms with Crippen molar-refractivity contribution in [2.24, 2.45) is 0 Å². The molecule has 4 heteroatoms. The third-order valence-electron chi connectivity index (χ3n) is 2.80. The van der Waals surface area contributed by atoms with Crippen LogP contribution in [-0.2, 0) is 6.42 Å². The number of aryl methyl sites for hydroxylation is 1. The maximum Gasteiger partial charge on any atom is 0.269 e. The minimum Gasteiger partial charge on any atom is -0.351 e. The van der Waals surface area contributed by atoms with E-state index in [1.165, 1.54) is 5.56 Å². The zero-order chi connectivity index (χ0) is 13.3. The van der Waals surface area contributed by atoms with Gasteiger partial charge in [0.15, 0.2) is 0 Å². The number of pyridine rings is 2. The van der Waals surface area contributed by atoms with Crippen molar-refractivity contribution in [3.8, 4) is 0 Å². The molecule has 4 nitrogen and oxygen atoms in total. The van der Waals surface area contributed by atoms with Crippen LogP contribution in [0.2, 0.25) is 0 Å². The number of rotatable bonds is 6. The van der Waals surface area contributed by atoms with Gasteiger partial charge >= 0.3 is 0 Å². The number of hydrogen-bond acceptors (Lipinski definition) is 3. The molecule has 2 aromatic rings. The summed E-state index contributed by atoms with van der Waals surface area (Å²) in [5.74, 6) is -0.109. The lowest BCUT2D eigenvalue weighted by Gasteiger charge is -2.04. The summed E-state index contributed by atoms with van der Waals surface area (Å²) < 4.78 is 0. The van der Waals surface area contributed by atoms with Crippen LogP contribution in [0.5, 0.6) is 0 Å². The maximum atomic E-state index is 11.7. The van der Waals surface area contributed by atoms with Gasteiger partial charge in [0.1, 0.15) is 5.69 Å². The second-order valence-electron chi connectivity index (χ2n) is 4.29. The number of aromatic nitrogens is 2. The molecular formula is C15H17N3O. The highest BCUT2D eigenvalue weighted by Crippen LogP contribution is 2.02. The molecule has 0 aliphatic carbocycles. The van der Waals surface area contributed by atoms with E-state index < -0.39 is 0 Å². The van der Waals surface area contributed by atoms with E-state index in [1.54, 1.807) is 24.5 Å². The summed E-state index contributed by atoms with van der Waals surface area (Å²) in [5, 5.41) is 2.87. The summed E-state index contributed by atoms with van der Waals surface area (Å²) in [6, 6.07) is 9.33. The number of hydrogen-bond donors (Lipinski definition) is 1. The van der Waals surface area contributed by atoms with E-state index in [0.717, 1.165) is 19.3 Å². The normalized spacial score (nSPS) is 10.1. The highest BCUT2D eigenvalue weighted by atomic mass is 16.1. The Morgan fingerprint density at radius 2 is 2.05 bits per heavy atom. The SMILES string of the molecule is O=C(NCCCCc1cccnc1)c1ccccn1. The quantitative estimate of drug-likeness (QED) is 0.805. The van der Waals surface area contributed by atoms with Crippen LogP contribution in [0.1, 0.15) is 28.9 Å². The Labute approximate surface area is 112 Å². The first-order chi connectivity index (χ1) is 9.36. The minimum atomic E-state index is -0.109. The van der Waals surface area contributed by atoms with Gasteiger partial charge < -0.3 is 5.32 Å². The lowest BCUT2D eigenvalue weighted by atomic mass is 10.1. The third-order valence-corrected chi connectivity index (χ3v) is 2.80. The van der Waals surface area contributed by atoms with Gasteiger partial charge in [-0.2, -0.15) is 0 Å². The van der Waals surface area contributed by atoms with Crippen molar-refractivity contribution in [1.82, 2.24) is 15.3 Å². The number of amides is 1. The monoisotopic (exact) mass is 255 g/mol. The molecule has 0 unspecified atom stereocenters. The molecule has 0 fully saturated rings. The molecule has 0 bridgehead atoms. The number of nitrogens with zero attached hydrogens (tertiary/aromatic N) is 2. The van der Waals surface area contributed by atoms with Crippen molar-refractivity contribution in [3.63, 3.8) is 0 Å². The molecule has 98 valence electrons. The first kappa shape index (κ1) is 13.2. The summed E-state index contributed by atoms with van der Waals surface area (Å²) in [6.45, 7) is 0.676. The van der Waals surface area contributed by atoms with Gasteiger partial charge in [0.05, 0.1) is 0 Å². The number of carbonyl (C=O) groups is 1. The van der Waals surface area contributed by atoms with Crippen molar-refractivity contribution < 1.29 is 4.79 Å². The highest BCUT2D eigenvalue weighted by Gasteiger charge is 2.04. The maximum absolute atomic E-state index is 11.7. The number of unbranched alkanes of at least 4 members (excludes halogenated alkanes) is 1. The van der Waals surface area contributed by atoms with Crippen LogP contribution in [0.25, 0.3) is 0 Å². The summed E-state index contributed by atoms with van der Waals surface area (Å²) in [4.78, 5) is 19.8. The van der Waals surface area contributed by atoms with Gasteiger partial charge in [-0.15, -0.1) is 0 Å². The smallest absolute Gasteiger partial charge is 0.269 e. The van der Waals surface area contributed by atoms with E-state index in [2.05, 4.69) is 21.4 Å². The molecule has 19 heavy (non-hydrogen) atoms. The lowest BCUT2D eigenvalue weighted by molar-refractivity contribution is 0.0948. The minimum absolute atomic E-state index is 0.109. The Morgan fingerprint density at radius 3 is 2.79 bits per heavy atom. The number of nitrogens with one attached hydrogen (secondary N) is 1. The number of carbonyl (C=O) groups excluding carboxylic acids is 1. The fraction of sp³-hybridized carbons (Fsp3) is 0.267. The first-order valence-corrected chi connectivity index (χ1v) is 6.44. The highest BCUT2D eigenvalue weighted by molar-refractivity contribution is 5.92. The molecule has 0 radical (unpaired) electrons. The van der Waals surface area contributed by atoms with Crippen LogP contribution in [0, 0.1) is 0 Å². The topological polar surface area (TPSA) is 54.9 Å². The van der Waals surface area contributed by atoms with Gasteiger partial charge in [-0.05, 0) is 43.0 Å². The summed E-state index contributed by atoms with van der Waals surface area (Å²) in [7, 11) is 0.